The van der Waals surface area contributed by atoms with Gasteiger partial charge >= 0.3 is 6.18 Å². The van der Waals surface area contributed by atoms with Crippen LogP contribution in [-0.4, -0.2) is 42.3 Å². The zero-order valence-electron chi connectivity index (χ0n) is 16.8. The quantitative estimate of drug-likeness (QED) is 0.538. The summed E-state index contributed by atoms with van der Waals surface area (Å²) in [6, 6.07) is 5.65. The van der Waals surface area contributed by atoms with Crippen LogP contribution in [0.25, 0.3) is 27.9 Å². The summed E-state index contributed by atoms with van der Waals surface area (Å²) in [5, 5.41) is 6.66. The van der Waals surface area contributed by atoms with E-state index >= 15 is 0 Å². The number of rotatable bonds is 4. The molecule has 1 aliphatic rings. The molecule has 0 bridgehead atoms. The topological polar surface area (TPSA) is 77.1 Å². The van der Waals surface area contributed by atoms with E-state index in [0.29, 0.717) is 24.2 Å². The molecule has 1 amide bonds. The first-order valence-corrected chi connectivity index (χ1v) is 9.87. The van der Waals surface area contributed by atoms with Crippen LogP contribution >= 0.6 is 0 Å². The van der Waals surface area contributed by atoms with E-state index in [1.54, 1.807) is 6.33 Å². The van der Waals surface area contributed by atoms with Crippen LogP contribution in [-0.2, 0) is 7.05 Å². The first-order valence-electron chi connectivity index (χ1n) is 9.87. The lowest BCUT2D eigenvalue weighted by atomic mass is 10.1. The maximum absolute atomic E-state index is 13.4. The van der Waals surface area contributed by atoms with Crippen molar-refractivity contribution in [2.24, 2.45) is 13.0 Å². The monoisotopic (exact) mass is 428 g/mol. The molecule has 1 aromatic carbocycles. The molecule has 4 aromatic rings. The van der Waals surface area contributed by atoms with E-state index in [2.05, 4.69) is 20.4 Å². The third kappa shape index (κ3) is 3.41. The number of fused-ring (bicyclic) bond motifs is 2. The molecule has 0 radical (unpaired) electrons. The number of aryl methyl sites for hydroxylation is 2. The maximum Gasteiger partial charge on any atom is 0.408 e. The van der Waals surface area contributed by atoms with E-state index in [9.17, 15) is 18.0 Å². The molecular formula is C21H19F3N6O. The van der Waals surface area contributed by atoms with E-state index in [1.165, 1.54) is 10.7 Å². The minimum Gasteiger partial charge on any atom is -0.339 e. The second kappa shape index (κ2) is 6.79. The van der Waals surface area contributed by atoms with Crippen LogP contribution in [0.2, 0.25) is 0 Å². The van der Waals surface area contributed by atoms with Gasteiger partial charge in [0, 0.05) is 12.6 Å². The fourth-order valence-corrected chi connectivity index (χ4v) is 3.82. The number of alkyl halides is 3. The van der Waals surface area contributed by atoms with Crippen molar-refractivity contribution in [3.05, 3.63) is 48.0 Å². The fourth-order valence-electron chi connectivity index (χ4n) is 3.82. The van der Waals surface area contributed by atoms with Crippen LogP contribution in [0.3, 0.4) is 0 Å². The summed E-state index contributed by atoms with van der Waals surface area (Å²) in [7, 11) is 1.89. The molecule has 1 saturated carbocycles. The molecule has 31 heavy (non-hydrogen) atoms. The predicted octanol–water partition coefficient (Wildman–Crippen LogP) is 3.66. The van der Waals surface area contributed by atoms with Gasteiger partial charge in [-0.1, -0.05) is 6.07 Å². The fraction of sp³-hybridized carbons (Fsp3) is 0.333. The Bertz CT molecular complexity index is 1320. The molecule has 10 heteroatoms. The number of aromatic nitrogens is 5. The molecule has 0 aliphatic heterocycles. The Morgan fingerprint density at radius 1 is 1.23 bits per heavy atom. The average Bonchev–Trinajstić information content (AvgIpc) is 3.35. The van der Waals surface area contributed by atoms with Crippen LogP contribution in [0.4, 0.5) is 13.2 Å². The van der Waals surface area contributed by atoms with Crippen molar-refractivity contribution in [2.45, 2.75) is 32.0 Å². The van der Waals surface area contributed by atoms with E-state index in [-0.39, 0.29) is 5.69 Å². The molecule has 0 unspecified atom stereocenters. The number of nitrogens with zero attached hydrogens (tertiary/aromatic N) is 5. The van der Waals surface area contributed by atoms with Gasteiger partial charge < -0.3 is 9.88 Å². The first kappa shape index (κ1) is 19.5. The summed E-state index contributed by atoms with van der Waals surface area (Å²) in [5.74, 6) is -1.41. The number of benzene rings is 1. The lowest BCUT2D eigenvalue weighted by molar-refractivity contribution is -0.158. The van der Waals surface area contributed by atoms with E-state index in [0.717, 1.165) is 22.2 Å². The lowest BCUT2D eigenvalue weighted by Gasteiger charge is -2.21. The largest absolute Gasteiger partial charge is 0.408 e. The number of carbonyl (C=O) groups is 1. The second-order valence-corrected chi connectivity index (χ2v) is 7.98. The van der Waals surface area contributed by atoms with Gasteiger partial charge in [-0.05, 0) is 49.4 Å². The Balaban J connectivity index is 1.55. The van der Waals surface area contributed by atoms with Gasteiger partial charge in [0.15, 0.2) is 11.3 Å². The third-order valence-corrected chi connectivity index (χ3v) is 5.64. The summed E-state index contributed by atoms with van der Waals surface area (Å²) >= 11 is 0. The Morgan fingerprint density at radius 3 is 2.71 bits per heavy atom. The standard InChI is InChI=1S/C21H19F3N6O/c1-11-7-15(13-5-6-14-16(8-13)29(2)10-26-14)28-30-17(9-25-19(11)30)20(31)27-18(12-3-4-12)21(22,23)24/h5-10,12,18H,3-4H2,1-2H3,(H,27,31)/t18-/m1/s1. The van der Waals surface area contributed by atoms with Gasteiger partial charge in [0.25, 0.3) is 5.91 Å². The zero-order valence-corrected chi connectivity index (χ0v) is 16.8. The SMILES string of the molecule is Cc1cc(-c2ccc3ncn(C)c3c2)nn2c(C(=O)N[C@H](C3CC3)C(F)(F)F)cnc12. The van der Waals surface area contributed by atoms with Crippen molar-refractivity contribution >= 4 is 22.6 Å². The van der Waals surface area contributed by atoms with Crippen molar-refractivity contribution < 1.29 is 18.0 Å². The molecule has 1 N–H and O–H groups in total. The van der Waals surface area contributed by atoms with Gasteiger partial charge in [-0.15, -0.1) is 0 Å². The third-order valence-electron chi connectivity index (χ3n) is 5.64. The summed E-state index contributed by atoms with van der Waals surface area (Å²) in [6.45, 7) is 1.82. The average molecular weight is 428 g/mol. The molecule has 7 nitrogen and oxygen atoms in total. The molecule has 1 fully saturated rings. The number of hydrogen-bond donors (Lipinski definition) is 1. The number of nitrogens with one attached hydrogen (secondary N) is 1. The second-order valence-electron chi connectivity index (χ2n) is 7.98. The Hall–Kier alpha value is -3.43. The van der Waals surface area contributed by atoms with Crippen molar-refractivity contribution in [3.63, 3.8) is 0 Å². The smallest absolute Gasteiger partial charge is 0.339 e. The predicted molar refractivity (Wildman–Crippen MR) is 107 cm³/mol. The van der Waals surface area contributed by atoms with Gasteiger partial charge in [0.05, 0.1) is 29.3 Å². The normalized spacial score (nSPS) is 15.5. The highest BCUT2D eigenvalue weighted by molar-refractivity contribution is 5.93. The maximum atomic E-state index is 13.4. The van der Waals surface area contributed by atoms with E-state index < -0.39 is 24.0 Å². The molecule has 5 rings (SSSR count). The zero-order chi connectivity index (χ0) is 21.9. The molecule has 3 aromatic heterocycles. The van der Waals surface area contributed by atoms with Crippen LogP contribution in [0.1, 0.15) is 28.9 Å². The van der Waals surface area contributed by atoms with Gasteiger partial charge in [0.1, 0.15) is 6.04 Å². The molecule has 1 atom stereocenters. The van der Waals surface area contributed by atoms with E-state index in [1.807, 2.05) is 42.8 Å². The number of halogens is 3. The number of amides is 1. The van der Waals surface area contributed by atoms with Crippen LogP contribution < -0.4 is 5.32 Å². The minimum absolute atomic E-state index is 0.0311. The molecule has 0 saturated heterocycles. The number of carbonyl (C=O) groups excluding carboxylic acids is 1. The molecule has 0 spiro atoms. The van der Waals surface area contributed by atoms with Crippen molar-refractivity contribution in [1.29, 1.82) is 0 Å². The Kier molecular flexibility index (Phi) is 4.28. The van der Waals surface area contributed by atoms with Crippen LogP contribution in [0.5, 0.6) is 0 Å². The van der Waals surface area contributed by atoms with E-state index in [4.69, 9.17) is 0 Å². The summed E-state index contributed by atoms with van der Waals surface area (Å²) in [4.78, 5) is 21.2. The van der Waals surface area contributed by atoms with Crippen molar-refractivity contribution in [2.75, 3.05) is 0 Å². The lowest BCUT2D eigenvalue weighted by Crippen LogP contribution is -2.47. The van der Waals surface area contributed by atoms with Gasteiger partial charge in [-0.25, -0.2) is 14.5 Å². The van der Waals surface area contributed by atoms with Crippen molar-refractivity contribution in [3.8, 4) is 11.3 Å². The highest BCUT2D eigenvalue weighted by Gasteiger charge is 2.49. The van der Waals surface area contributed by atoms with Gasteiger partial charge in [-0.3, -0.25) is 4.79 Å². The summed E-state index contributed by atoms with van der Waals surface area (Å²) in [5.41, 5.74) is 4.27. The minimum atomic E-state index is -4.50. The highest BCUT2D eigenvalue weighted by atomic mass is 19.4. The summed E-state index contributed by atoms with van der Waals surface area (Å²) in [6.07, 6.45) is -0.611. The number of imidazole rings is 2. The Morgan fingerprint density at radius 2 is 2.00 bits per heavy atom. The summed E-state index contributed by atoms with van der Waals surface area (Å²) < 4.78 is 43.2. The Labute approximate surface area is 174 Å². The first-order chi connectivity index (χ1) is 14.7. The molecule has 160 valence electrons. The van der Waals surface area contributed by atoms with Crippen LogP contribution in [0, 0.1) is 12.8 Å². The molecule has 1 aliphatic carbocycles. The van der Waals surface area contributed by atoms with Gasteiger partial charge in [-0.2, -0.15) is 18.3 Å². The molecule has 3 heterocycles. The molecular weight excluding hydrogens is 409 g/mol. The van der Waals surface area contributed by atoms with Gasteiger partial charge in [0.2, 0.25) is 0 Å². The van der Waals surface area contributed by atoms with Crippen molar-refractivity contribution in [1.82, 2.24) is 29.5 Å². The number of hydrogen-bond acceptors (Lipinski definition) is 4. The highest BCUT2D eigenvalue weighted by Crippen LogP contribution is 2.40. The van der Waals surface area contributed by atoms with Crippen LogP contribution in [0.15, 0.2) is 36.8 Å².